The number of carbonyl (C=O) groups is 4. The Kier molecular flexibility index (Phi) is 4.44. The van der Waals surface area contributed by atoms with Crippen molar-refractivity contribution in [2.75, 3.05) is 0 Å². The molecule has 0 aliphatic carbocycles. The summed E-state index contributed by atoms with van der Waals surface area (Å²) in [4.78, 5) is 46.5. The van der Waals surface area contributed by atoms with E-state index in [0.717, 1.165) is 12.1 Å². The minimum atomic E-state index is -1.64. The molecule has 2 amide bonds. The maximum Gasteiger partial charge on any atom is 0.337 e. The van der Waals surface area contributed by atoms with Gasteiger partial charge in [-0.05, 0) is 17.5 Å². The lowest BCUT2D eigenvalue weighted by atomic mass is 9.90. The fourth-order valence-corrected chi connectivity index (χ4v) is 2.36. The van der Waals surface area contributed by atoms with Gasteiger partial charge in [-0.3, -0.25) is 20.0 Å². The maximum atomic E-state index is 11.8. The number of hydrogen-bond acceptors (Lipinski definition) is 6. The quantitative estimate of drug-likeness (QED) is 0.346. The van der Waals surface area contributed by atoms with Gasteiger partial charge in [0, 0.05) is 5.39 Å². The van der Waals surface area contributed by atoms with Crippen molar-refractivity contribution in [1.29, 1.82) is 0 Å². The van der Waals surface area contributed by atoms with E-state index in [2.05, 4.69) is 0 Å². The largest absolute Gasteiger partial charge is 0.478 e. The first-order valence-corrected chi connectivity index (χ1v) is 6.28. The molecule has 0 saturated heterocycles. The molecule has 24 heavy (non-hydrogen) atoms. The van der Waals surface area contributed by atoms with Crippen LogP contribution in [0.1, 0.15) is 41.4 Å². The fourth-order valence-electron chi connectivity index (χ4n) is 2.36. The normalized spacial score (nSPS) is 10.2. The van der Waals surface area contributed by atoms with Gasteiger partial charge < -0.3 is 10.2 Å². The number of benzene rings is 2. The summed E-state index contributed by atoms with van der Waals surface area (Å²) >= 11 is 0. The molecule has 0 spiro atoms. The molecular weight excluding hydrogens is 324 g/mol. The van der Waals surface area contributed by atoms with E-state index in [4.69, 9.17) is 10.4 Å². The average Bonchev–Trinajstić information content (AvgIpc) is 2.57. The van der Waals surface area contributed by atoms with Crippen LogP contribution >= 0.6 is 0 Å². The van der Waals surface area contributed by atoms with Gasteiger partial charge in [0.2, 0.25) is 0 Å². The van der Waals surface area contributed by atoms with E-state index in [9.17, 15) is 29.4 Å². The number of rotatable bonds is 4. The van der Waals surface area contributed by atoms with Crippen LogP contribution in [0.25, 0.3) is 10.8 Å². The number of hydroxylamine groups is 2. The van der Waals surface area contributed by atoms with Crippen LogP contribution in [0, 0.1) is 0 Å². The molecule has 0 heterocycles. The van der Waals surface area contributed by atoms with Crippen LogP contribution < -0.4 is 11.0 Å². The molecule has 2 aromatic carbocycles. The molecule has 0 saturated carbocycles. The molecule has 0 aromatic heterocycles. The number of nitrogens with one attached hydrogen (secondary N) is 2. The number of hydrogen-bond donors (Lipinski definition) is 6. The second-order valence-corrected chi connectivity index (χ2v) is 4.57. The molecule has 2 aromatic rings. The summed E-state index contributed by atoms with van der Waals surface area (Å²) in [7, 11) is 0. The van der Waals surface area contributed by atoms with Crippen molar-refractivity contribution in [2.24, 2.45) is 0 Å². The number of amides is 2. The number of carboxylic acids is 2. The lowest BCUT2D eigenvalue weighted by Crippen LogP contribution is -2.25. The second-order valence-electron chi connectivity index (χ2n) is 4.57. The molecule has 124 valence electrons. The Balaban J connectivity index is 3.12. The first-order valence-electron chi connectivity index (χ1n) is 6.28. The molecule has 0 radical (unpaired) electrons. The summed E-state index contributed by atoms with van der Waals surface area (Å²) in [5.74, 6) is -5.48. The highest BCUT2D eigenvalue weighted by molar-refractivity contribution is 6.22. The van der Waals surface area contributed by atoms with Crippen LogP contribution in [0.5, 0.6) is 0 Å². The molecule has 0 unspecified atom stereocenters. The zero-order chi connectivity index (χ0) is 18.0. The second kappa shape index (κ2) is 6.32. The predicted octanol–water partition coefficient (Wildman–Crippen LogP) is 0.474. The van der Waals surface area contributed by atoms with Gasteiger partial charge in [-0.1, -0.05) is 12.1 Å². The smallest absolute Gasteiger partial charge is 0.337 e. The minimum Gasteiger partial charge on any atom is -0.478 e. The molecule has 0 aliphatic rings. The molecule has 0 bridgehead atoms. The van der Waals surface area contributed by atoms with Crippen LogP contribution in [-0.2, 0) is 0 Å². The predicted molar refractivity (Wildman–Crippen MR) is 76.4 cm³/mol. The van der Waals surface area contributed by atoms with E-state index >= 15 is 0 Å². The van der Waals surface area contributed by atoms with Crippen LogP contribution in [0.15, 0.2) is 24.3 Å². The van der Waals surface area contributed by atoms with Gasteiger partial charge >= 0.3 is 11.9 Å². The third-order valence-corrected chi connectivity index (χ3v) is 3.30. The lowest BCUT2D eigenvalue weighted by molar-refractivity contribution is 0.0661. The van der Waals surface area contributed by atoms with Crippen molar-refractivity contribution in [3.8, 4) is 0 Å². The van der Waals surface area contributed by atoms with Crippen molar-refractivity contribution in [3.05, 3.63) is 46.5 Å². The average molecular weight is 334 g/mol. The standard InChI is InChI=1S/C14H10N2O8/c17-11(15-23)7-4-8(12(18)16-24)10(14(21)22)9-5(7)2-1-3-6(9)13(19)20/h1-4,23-24H,(H,15,17)(H,16,18)(H,19,20)(H,21,22). The van der Waals surface area contributed by atoms with E-state index < -0.39 is 45.8 Å². The molecule has 0 aliphatic heterocycles. The number of fused-ring (bicyclic) bond motifs is 1. The first kappa shape index (κ1) is 16.9. The zero-order valence-corrected chi connectivity index (χ0v) is 11.7. The monoisotopic (exact) mass is 334 g/mol. The molecule has 2 rings (SSSR count). The maximum absolute atomic E-state index is 11.8. The zero-order valence-electron chi connectivity index (χ0n) is 11.7. The van der Waals surface area contributed by atoms with E-state index in [1.807, 2.05) is 0 Å². The van der Waals surface area contributed by atoms with Crippen LogP contribution in [-0.4, -0.2) is 44.4 Å². The van der Waals surface area contributed by atoms with Crippen LogP contribution in [0.4, 0.5) is 0 Å². The topological polar surface area (TPSA) is 173 Å². The number of carbonyl (C=O) groups excluding carboxylic acids is 2. The molecule has 0 fully saturated rings. The highest BCUT2D eigenvalue weighted by Crippen LogP contribution is 2.30. The molecular formula is C14H10N2O8. The van der Waals surface area contributed by atoms with Gasteiger partial charge in [-0.2, -0.15) is 0 Å². The third-order valence-electron chi connectivity index (χ3n) is 3.30. The fraction of sp³-hybridized carbons (Fsp3) is 0. The Hall–Kier alpha value is -3.50. The molecule has 10 nitrogen and oxygen atoms in total. The van der Waals surface area contributed by atoms with Crippen molar-refractivity contribution >= 4 is 34.5 Å². The summed E-state index contributed by atoms with van der Waals surface area (Å²) in [5.41, 5.74) is 0.388. The van der Waals surface area contributed by atoms with Gasteiger partial charge in [-0.15, -0.1) is 0 Å². The van der Waals surface area contributed by atoms with Crippen molar-refractivity contribution in [1.82, 2.24) is 11.0 Å². The highest BCUT2D eigenvalue weighted by Gasteiger charge is 2.27. The summed E-state index contributed by atoms with van der Waals surface area (Å²) in [6.45, 7) is 0. The van der Waals surface area contributed by atoms with Crippen molar-refractivity contribution in [3.63, 3.8) is 0 Å². The third kappa shape index (κ3) is 2.62. The van der Waals surface area contributed by atoms with Gasteiger partial charge in [0.15, 0.2) is 0 Å². The number of aromatic carboxylic acids is 2. The van der Waals surface area contributed by atoms with Gasteiger partial charge in [0.1, 0.15) is 0 Å². The van der Waals surface area contributed by atoms with Gasteiger partial charge in [-0.25, -0.2) is 20.5 Å². The van der Waals surface area contributed by atoms with Gasteiger partial charge in [0.25, 0.3) is 11.8 Å². The summed E-state index contributed by atoms with van der Waals surface area (Å²) in [6.07, 6.45) is 0. The lowest BCUT2D eigenvalue weighted by Gasteiger charge is -2.14. The molecule has 0 atom stereocenters. The Morgan fingerprint density at radius 1 is 0.792 bits per heavy atom. The van der Waals surface area contributed by atoms with Crippen LogP contribution in [0.3, 0.4) is 0 Å². The summed E-state index contributed by atoms with van der Waals surface area (Å²) < 4.78 is 0. The summed E-state index contributed by atoms with van der Waals surface area (Å²) in [6, 6.07) is 4.46. The van der Waals surface area contributed by atoms with Crippen LogP contribution in [0.2, 0.25) is 0 Å². The summed E-state index contributed by atoms with van der Waals surface area (Å²) in [5, 5.41) is 35.8. The Morgan fingerprint density at radius 2 is 1.38 bits per heavy atom. The number of carboxylic acid groups (broad SMARTS) is 2. The van der Waals surface area contributed by atoms with Crippen molar-refractivity contribution in [2.45, 2.75) is 0 Å². The molecule has 6 N–H and O–H groups in total. The molecule has 10 heteroatoms. The Bertz CT molecular complexity index is 890. The Morgan fingerprint density at radius 3 is 1.88 bits per heavy atom. The Labute approximate surface area is 132 Å². The van der Waals surface area contributed by atoms with Crippen molar-refractivity contribution < 1.29 is 39.8 Å². The van der Waals surface area contributed by atoms with E-state index in [0.29, 0.717) is 0 Å². The van der Waals surface area contributed by atoms with E-state index in [1.165, 1.54) is 23.1 Å². The SMILES string of the molecule is O=C(NO)c1cc(C(=O)NO)c2cccc(C(=O)O)c2c1C(=O)O. The first-order chi connectivity index (χ1) is 11.3. The van der Waals surface area contributed by atoms with E-state index in [1.54, 1.807) is 0 Å². The van der Waals surface area contributed by atoms with E-state index in [-0.39, 0.29) is 10.9 Å². The highest BCUT2D eigenvalue weighted by atomic mass is 16.5. The van der Waals surface area contributed by atoms with Gasteiger partial charge in [0.05, 0.1) is 22.3 Å². The minimum absolute atomic E-state index is 0.103.